The van der Waals surface area contributed by atoms with E-state index >= 15 is 0 Å². The number of nitrogen functional groups attached to an aromatic ring is 1. The van der Waals surface area contributed by atoms with Crippen LogP contribution in [-0.2, 0) is 16.1 Å². The molecule has 0 radical (unpaired) electrons. The molecule has 0 unspecified atom stereocenters. The zero-order valence-corrected chi connectivity index (χ0v) is 20.7. The van der Waals surface area contributed by atoms with E-state index in [9.17, 15) is 4.79 Å². The number of nitrogens with zero attached hydrogens (tertiary/aromatic N) is 2. The van der Waals surface area contributed by atoms with E-state index in [1.807, 2.05) is 55.5 Å². The molecule has 0 fully saturated rings. The number of rotatable bonds is 10. The first-order valence-corrected chi connectivity index (χ1v) is 11.7. The standard InChI is InChI=1S/C27H29N7O3/c1-17-14-21(6-7-22(17)27(35)34-37-13-12-36-18(2)28)24-9-10-25(33-29)26(32-24)31-16-19-5-8-23-20(15-19)4-3-11-30-23/h3-11,14-15,28,33H,12-13,16,29H2,1-2H3,(H,31,32)(H,34,35). The molecule has 0 aliphatic heterocycles. The van der Waals surface area contributed by atoms with Crippen LogP contribution >= 0.6 is 0 Å². The van der Waals surface area contributed by atoms with Crippen molar-refractivity contribution in [2.24, 2.45) is 5.84 Å². The monoisotopic (exact) mass is 499 g/mol. The maximum atomic E-state index is 12.5. The highest BCUT2D eigenvalue weighted by Crippen LogP contribution is 2.27. The highest BCUT2D eigenvalue weighted by molar-refractivity contribution is 5.95. The highest BCUT2D eigenvalue weighted by Gasteiger charge is 2.12. The first-order valence-electron chi connectivity index (χ1n) is 11.7. The molecule has 10 heteroatoms. The van der Waals surface area contributed by atoms with Crippen LogP contribution in [0.25, 0.3) is 22.2 Å². The Kier molecular flexibility index (Phi) is 8.24. The van der Waals surface area contributed by atoms with Crippen LogP contribution in [0.5, 0.6) is 0 Å². The Morgan fingerprint density at radius 1 is 1.08 bits per heavy atom. The molecule has 190 valence electrons. The van der Waals surface area contributed by atoms with Gasteiger partial charge in [-0.15, -0.1) is 0 Å². The van der Waals surface area contributed by atoms with Gasteiger partial charge in [0, 0.05) is 36.2 Å². The van der Waals surface area contributed by atoms with Gasteiger partial charge in [0.05, 0.1) is 16.9 Å². The quantitative estimate of drug-likeness (QED) is 0.0718. The Morgan fingerprint density at radius 2 is 1.95 bits per heavy atom. The second-order valence-electron chi connectivity index (χ2n) is 8.34. The Bertz CT molecular complexity index is 1420. The van der Waals surface area contributed by atoms with Crippen LogP contribution < -0.4 is 22.1 Å². The number of aryl methyl sites for hydroxylation is 1. The van der Waals surface area contributed by atoms with E-state index in [2.05, 4.69) is 27.3 Å². The van der Waals surface area contributed by atoms with Crippen molar-refractivity contribution in [1.29, 1.82) is 5.41 Å². The average Bonchev–Trinajstić information content (AvgIpc) is 2.91. The van der Waals surface area contributed by atoms with E-state index in [0.29, 0.717) is 23.6 Å². The lowest BCUT2D eigenvalue weighted by molar-refractivity contribution is 0.0183. The lowest BCUT2D eigenvalue weighted by atomic mass is 10.0. The summed E-state index contributed by atoms with van der Waals surface area (Å²) < 4.78 is 4.98. The number of aromatic nitrogens is 2. The number of nitrogens with two attached hydrogens (primary N) is 1. The summed E-state index contributed by atoms with van der Waals surface area (Å²) in [6.07, 6.45) is 1.78. The van der Waals surface area contributed by atoms with Crippen LogP contribution in [0.3, 0.4) is 0 Å². The number of nitrogens with one attached hydrogen (secondary N) is 4. The first kappa shape index (κ1) is 25.5. The topological polar surface area (TPSA) is 147 Å². The molecule has 37 heavy (non-hydrogen) atoms. The molecule has 0 bridgehead atoms. The van der Waals surface area contributed by atoms with Crippen molar-refractivity contribution in [3.63, 3.8) is 0 Å². The first-order chi connectivity index (χ1) is 17.9. The van der Waals surface area contributed by atoms with E-state index in [0.717, 1.165) is 33.3 Å². The van der Waals surface area contributed by atoms with Crippen LogP contribution in [-0.4, -0.2) is 35.0 Å². The summed E-state index contributed by atoms with van der Waals surface area (Å²) in [6.45, 7) is 4.25. The summed E-state index contributed by atoms with van der Waals surface area (Å²) in [5.74, 6) is 6.06. The minimum atomic E-state index is -0.362. The number of hydrogen-bond donors (Lipinski definition) is 5. The van der Waals surface area contributed by atoms with Crippen LogP contribution in [0.2, 0.25) is 0 Å². The molecule has 10 nitrogen and oxygen atoms in total. The highest BCUT2D eigenvalue weighted by atomic mass is 16.7. The zero-order valence-electron chi connectivity index (χ0n) is 20.7. The molecule has 2 heterocycles. The van der Waals surface area contributed by atoms with Gasteiger partial charge in [-0.05, 0) is 60.5 Å². The third-order valence-corrected chi connectivity index (χ3v) is 5.61. The van der Waals surface area contributed by atoms with Gasteiger partial charge in [0.15, 0.2) is 11.7 Å². The number of hydroxylamine groups is 1. The maximum Gasteiger partial charge on any atom is 0.275 e. The molecule has 1 amide bonds. The SMILES string of the molecule is CC(=N)OCCONC(=O)c1ccc(-c2ccc(NN)c(NCc3ccc4ncccc4c3)n2)cc1C. The predicted octanol–water partition coefficient (Wildman–Crippen LogP) is 4.18. The van der Waals surface area contributed by atoms with E-state index in [-0.39, 0.29) is 25.0 Å². The van der Waals surface area contributed by atoms with Gasteiger partial charge in [-0.25, -0.2) is 10.5 Å². The molecule has 6 N–H and O–H groups in total. The molecule has 4 aromatic rings. The van der Waals surface area contributed by atoms with Gasteiger partial charge in [-0.2, -0.15) is 0 Å². The fourth-order valence-electron chi connectivity index (χ4n) is 3.78. The second-order valence-corrected chi connectivity index (χ2v) is 8.34. The minimum Gasteiger partial charge on any atom is -0.479 e. The van der Waals surface area contributed by atoms with Crippen molar-refractivity contribution in [3.8, 4) is 11.3 Å². The van der Waals surface area contributed by atoms with Crippen LogP contribution in [0.15, 0.2) is 66.9 Å². The Hall–Kier alpha value is -4.54. The van der Waals surface area contributed by atoms with E-state index in [1.54, 1.807) is 12.3 Å². The molecule has 2 aromatic carbocycles. The Morgan fingerprint density at radius 3 is 2.73 bits per heavy atom. The number of anilines is 2. The van der Waals surface area contributed by atoms with Crippen molar-refractivity contribution in [1.82, 2.24) is 15.4 Å². The smallest absolute Gasteiger partial charge is 0.275 e. The predicted molar refractivity (Wildman–Crippen MR) is 144 cm³/mol. The fourth-order valence-corrected chi connectivity index (χ4v) is 3.78. The number of pyridine rings is 2. The normalized spacial score (nSPS) is 10.7. The molecule has 0 saturated heterocycles. The molecule has 0 spiro atoms. The number of carbonyl (C=O) groups excluding carboxylic acids is 1. The summed E-state index contributed by atoms with van der Waals surface area (Å²) in [5, 5.41) is 11.6. The van der Waals surface area contributed by atoms with Crippen molar-refractivity contribution >= 4 is 34.2 Å². The van der Waals surface area contributed by atoms with Crippen LogP contribution in [0.4, 0.5) is 11.5 Å². The Balaban J connectivity index is 1.45. The molecule has 2 aromatic heterocycles. The molecular weight excluding hydrogens is 470 g/mol. The lowest BCUT2D eigenvalue weighted by Crippen LogP contribution is -2.26. The molecule has 0 saturated carbocycles. The number of ether oxygens (including phenoxy) is 1. The number of hydrogen-bond acceptors (Lipinski definition) is 9. The third kappa shape index (κ3) is 6.57. The third-order valence-electron chi connectivity index (χ3n) is 5.61. The molecule has 0 atom stereocenters. The second kappa shape index (κ2) is 11.9. The van der Waals surface area contributed by atoms with Gasteiger partial charge in [0.1, 0.15) is 13.2 Å². The largest absolute Gasteiger partial charge is 0.479 e. The number of amides is 1. The van der Waals surface area contributed by atoms with Gasteiger partial charge in [-0.1, -0.05) is 18.2 Å². The summed E-state index contributed by atoms with van der Waals surface area (Å²) in [7, 11) is 0. The number of hydrazine groups is 1. The Labute approximate surface area is 214 Å². The van der Waals surface area contributed by atoms with Crippen molar-refractivity contribution in [2.75, 3.05) is 24.0 Å². The average molecular weight is 500 g/mol. The summed E-state index contributed by atoms with van der Waals surface area (Å²) in [5.41, 5.74) is 10.6. The van der Waals surface area contributed by atoms with Gasteiger partial charge >= 0.3 is 0 Å². The van der Waals surface area contributed by atoms with Gasteiger partial charge < -0.3 is 15.5 Å². The van der Waals surface area contributed by atoms with E-state index in [1.165, 1.54) is 6.92 Å². The summed E-state index contributed by atoms with van der Waals surface area (Å²) >= 11 is 0. The lowest BCUT2D eigenvalue weighted by Gasteiger charge is -2.14. The van der Waals surface area contributed by atoms with Gasteiger partial charge in [-0.3, -0.25) is 25.9 Å². The van der Waals surface area contributed by atoms with Crippen molar-refractivity contribution in [3.05, 3.63) is 83.6 Å². The zero-order chi connectivity index (χ0) is 26.2. The van der Waals surface area contributed by atoms with Gasteiger partial charge in [0.2, 0.25) is 0 Å². The summed E-state index contributed by atoms with van der Waals surface area (Å²) in [6, 6.07) is 19.2. The molecule has 0 aliphatic rings. The van der Waals surface area contributed by atoms with Crippen molar-refractivity contribution < 1.29 is 14.4 Å². The summed E-state index contributed by atoms with van der Waals surface area (Å²) in [4.78, 5) is 26.7. The maximum absolute atomic E-state index is 12.5. The van der Waals surface area contributed by atoms with Crippen LogP contribution in [0, 0.1) is 12.3 Å². The van der Waals surface area contributed by atoms with E-state index < -0.39 is 0 Å². The van der Waals surface area contributed by atoms with E-state index in [4.69, 9.17) is 25.8 Å². The number of fused-ring (bicyclic) bond motifs is 1. The fraction of sp³-hybridized carbons (Fsp3) is 0.185. The van der Waals surface area contributed by atoms with Gasteiger partial charge in [0.25, 0.3) is 5.91 Å². The molecule has 0 aliphatic carbocycles. The minimum absolute atomic E-state index is 0.0924. The molecular formula is C27H29N7O3. The van der Waals surface area contributed by atoms with Crippen LogP contribution in [0.1, 0.15) is 28.4 Å². The number of carbonyl (C=O) groups is 1. The molecule has 4 rings (SSSR count). The number of benzene rings is 2. The van der Waals surface area contributed by atoms with Crippen molar-refractivity contribution in [2.45, 2.75) is 20.4 Å².